The zero-order valence-corrected chi connectivity index (χ0v) is 16.3. The van der Waals surface area contributed by atoms with E-state index < -0.39 is 41.7 Å². The summed E-state index contributed by atoms with van der Waals surface area (Å²) in [5.74, 6) is -1.54. The number of nitrogens with one attached hydrogen (secondary N) is 1. The highest BCUT2D eigenvalue weighted by molar-refractivity contribution is 6.03. The summed E-state index contributed by atoms with van der Waals surface area (Å²) in [4.78, 5) is 49.7. The van der Waals surface area contributed by atoms with Crippen molar-refractivity contribution in [2.24, 2.45) is 0 Å². The highest BCUT2D eigenvalue weighted by atomic mass is 16.6. The first kappa shape index (κ1) is 21.2. The Balaban J connectivity index is 2.04. The van der Waals surface area contributed by atoms with E-state index in [1.165, 1.54) is 0 Å². The van der Waals surface area contributed by atoms with Gasteiger partial charge in [0.25, 0.3) is 5.91 Å². The maximum atomic E-state index is 12.6. The topological polar surface area (TPSA) is 111 Å². The third-order valence-electron chi connectivity index (χ3n) is 3.87. The third kappa shape index (κ3) is 5.45. The molecule has 3 amide bonds. The average molecular weight is 392 g/mol. The maximum Gasteiger partial charge on any atom is 0.417 e. The largest absolute Gasteiger partial charge is 0.467 e. The lowest BCUT2D eigenvalue weighted by molar-refractivity contribution is -0.148. The number of esters is 1. The van der Waals surface area contributed by atoms with Crippen LogP contribution in [0.4, 0.5) is 9.59 Å². The fourth-order valence-corrected chi connectivity index (χ4v) is 2.64. The van der Waals surface area contributed by atoms with Crippen LogP contribution in [0, 0.1) is 0 Å². The highest BCUT2D eigenvalue weighted by Crippen LogP contribution is 2.24. The van der Waals surface area contributed by atoms with Crippen molar-refractivity contribution >= 4 is 24.1 Å². The number of hydrogen-bond acceptors (Lipinski definition) is 7. The molecule has 0 bridgehead atoms. The Morgan fingerprint density at radius 3 is 2.39 bits per heavy atom. The highest BCUT2D eigenvalue weighted by Gasteiger charge is 2.49. The van der Waals surface area contributed by atoms with Gasteiger partial charge in [-0.2, -0.15) is 0 Å². The minimum Gasteiger partial charge on any atom is -0.467 e. The van der Waals surface area contributed by atoms with Crippen LogP contribution in [0.25, 0.3) is 0 Å². The second-order valence-corrected chi connectivity index (χ2v) is 7.22. The average Bonchev–Trinajstić information content (AvgIpc) is 2.95. The number of alkyl carbamates (subject to hydrolysis) is 1. The molecular formula is C19H24N2O7. The van der Waals surface area contributed by atoms with Gasteiger partial charge in [-0.1, -0.05) is 30.3 Å². The molecule has 1 N–H and O–H groups in total. The second-order valence-electron chi connectivity index (χ2n) is 7.22. The van der Waals surface area contributed by atoms with Crippen molar-refractivity contribution in [3.05, 3.63) is 35.9 Å². The Hall–Kier alpha value is -3.10. The fraction of sp³-hybridized carbons (Fsp3) is 0.474. The van der Waals surface area contributed by atoms with Crippen LogP contribution in [0.15, 0.2) is 30.3 Å². The van der Waals surface area contributed by atoms with E-state index in [1.54, 1.807) is 45.0 Å². The normalized spacial score (nSPS) is 19.1. The first-order valence-electron chi connectivity index (χ1n) is 8.73. The van der Waals surface area contributed by atoms with E-state index in [9.17, 15) is 19.2 Å². The van der Waals surface area contributed by atoms with Gasteiger partial charge in [0.15, 0.2) is 0 Å². The summed E-state index contributed by atoms with van der Waals surface area (Å²) in [6.07, 6.45) is -1.95. The molecular weight excluding hydrogens is 368 g/mol. The van der Waals surface area contributed by atoms with Gasteiger partial charge in [0.1, 0.15) is 24.3 Å². The molecule has 1 aromatic carbocycles. The molecule has 1 aliphatic heterocycles. The lowest BCUT2D eigenvalue weighted by Crippen LogP contribution is -2.48. The molecule has 1 fully saturated rings. The number of ether oxygens (including phenoxy) is 3. The molecule has 152 valence electrons. The molecule has 2 atom stereocenters. The molecule has 2 unspecified atom stereocenters. The molecule has 9 nitrogen and oxygen atoms in total. The quantitative estimate of drug-likeness (QED) is 0.616. The van der Waals surface area contributed by atoms with E-state index in [2.05, 4.69) is 10.1 Å². The first-order valence-corrected chi connectivity index (χ1v) is 8.73. The molecule has 9 heteroatoms. The number of likely N-dealkylation sites (tertiary alicyclic amines) is 1. The maximum absolute atomic E-state index is 12.6. The Bertz CT molecular complexity index is 742. The molecule has 0 radical (unpaired) electrons. The van der Waals surface area contributed by atoms with Gasteiger partial charge in [0.2, 0.25) is 0 Å². The number of carbonyl (C=O) groups excluding carboxylic acids is 4. The minimum absolute atomic E-state index is 0.0177. The van der Waals surface area contributed by atoms with Gasteiger partial charge >= 0.3 is 18.2 Å². The van der Waals surface area contributed by atoms with E-state index >= 15 is 0 Å². The van der Waals surface area contributed by atoms with Crippen LogP contribution in [-0.4, -0.2) is 53.8 Å². The summed E-state index contributed by atoms with van der Waals surface area (Å²) < 4.78 is 14.9. The van der Waals surface area contributed by atoms with E-state index in [1.807, 2.05) is 6.07 Å². The molecule has 0 spiro atoms. The van der Waals surface area contributed by atoms with Crippen molar-refractivity contribution in [3.63, 3.8) is 0 Å². The van der Waals surface area contributed by atoms with Crippen molar-refractivity contribution in [1.82, 2.24) is 10.2 Å². The van der Waals surface area contributed by atoms with Gasteiger partial charge in [-0.05, 0) is 26.3 Å². The molecule has 1 heterocycles. The minimum atomic E-state index is -1.19. The predicted octanol–water partition coefficient (Wildman–Crippen LogP) is 1.99. The number of amides is 3. The van der Waals surface area contributed by atoms with Gasteiger partial charge < -0.3 is 19.5 Å². The van der Waals surface area contributed by atoms with Gasteiger partial charge in [-0.3, -0.25) is 4.79 Å². The lowest BCUT2D eigenvalue weighted by Gasteiger charge is -2.26. The van der Waals surface area contributed by atoms with Crippen LogP contribution in [0.2, 0.25) is 0 Å². The number of imide groups is 1. The molecule has 1 aliphatic rings. The number of hydrogen-bond donors (Lipinski definition) is 1. The lowest BCUT2D eigenvalue weighted by atomic mass is 10.1. The summed E-state index contributed by atoms with van der Waals surface area (Å²) in [7, 11) is 1.15. The van der Waals surface area contributed by atoms with Gasteiger partial charge in [0, 0.05) is 6.42 Å². The smallest absolute Gasteiger partial charge is 0.417 e. The third-order valence-corrected chi connectivity index (χ3v) is 3.87. The molecule has 0 saturated carbocycles. The monoisotopic (exact) mass is 392 g/mol. The van der Waals surface area contributed by atoms with Crippen LogP contribution >= 0.6 is 0 Å². The molecule has 1 aromatic rings. The summed E-state index contributed by atoms with van der Waals surface area (Å²) in [5.41, 5.74) is -0.0868. The molecule has 0 aliphatic carbocycles. The summed E-state index contributed by atoms with van der Waals surface area (Å²) in [5, 5.41) is 2.39. The van der Waals surface area contributed by atoms with Crippen LogP contribution in [0.5, 0.6) is 0 Å². The first-order chi connectivity index (χ1) is 13.1. The summed E-state index contributed by atoms with van der Waals surface area (Å²) >= 11 is 0. The van der Waals surface area contributed by atoms with Crippen LogP contribution in [-0.2, 0) is 30.4 Å². The van der Waals surface area contributed by atoms with Crippen molar-refractivity contribution in [3.8, 4) is 0 Å². The van der Waals surface area contributed by atoms with Crippen molar-refractivity contribution in [2.75, 3.05) is 7.11 Å². The summed E-state index contributed by atoms with van der Waals surface area (Å²) in [6.45, 7) is 4.92. The number of rotatable bonds is 4. The Labute approximate surface area is 162 Å². The zero-order chi connectivity index (χ0) is 20.9. The van der Waals surface area contributed by atoms with Crippen LogP contribution < -0.4 is 5.32 Å². The van der Waals surface area contributed by atoms with E-state index in [0.717, 1.165) is 12.7 Å². The fourth-order valence-electron chi connectivity index (χ4n) is 2.64. The Morgan fingerprint density at radius 2 is 1.82 bits per heavy atom. The second kappa shape index (κ2) is 8.73. The van der Waals surface area contributed by atoms with E-state index in [-0.39, 0.29) is 13.0 Å². The zero-order valence-electron chi connectivity index (χ0n) is 16.3. The molecule has 28 heavy (non-hydrogen) atoms. The standard InChI is InChI=1S/C19H24N2O7/c1-19(2,3)28-18(25)21-14(16(23)26-4)10-13(15(21)22)20-17(24)27-11-12-8-6-5-7-9-12/h5-9,13-14H,10-11H2,1-4H3,(H,20,24). The van der Waals surface area contributed by atoms with Gasteiger partial charge in [-0.15, -0.1) is 0 Å². The number of benzene rings is 1. The Morgan fingerprint density at radius 1 is 1.18 bits per heavy atom. The van der Waals surface area contributed by atoms with Crippen molar-refractivity contribution < 1.29 is 33.4 Å². The molecule has 1 saturated heterocycles. The SMILES string of the molecule is COC(=O)C1CC(NC(=O)OCc2ccccc2)C(=O)N1C(=O)OC(C)(C)C. The number of carbonyl (C=O) groups is 4. The summed E-state index contributed by atoms with van der Waals surface area (Å²) in [6, 6.07) is 6.70. The number of nitrogens with zero attached hydrogens (tertiary/aromatic N) is 1. The number of methoxy groups -OCH3 is 1. The molecule has 2 rings (SSSR count). The van der Waals surface area contributed by atoms with Gasteiger partial charge in [-0.25, -0.2) is 19.3 Å². The van der Waals surface area contributed by atoms with Crippen molar-refractivity contribution in [2.45, 2.75) is 51.5 Å². The van der Waals surface area contributed by atoms with Crippen molar-refractivity contribution in [1.29, 1.82) is 0 Å². The van der Waals surface area contributed by atoms with Crippen LogP contribution in [0.1, 0.15) is 32.8 Å². The Kier molecular flexibility index (Phi) is 6.61. The van der Waals surface area contributed by atoms with Gasteiger partial charge in [0.05, 0.1) is 7.11 Å². The predicted molar refractivity (Wildman–Crippen MR) is 97.1 cm³/mol. The van der Waals surface area contributed by atoms with Crippen LogP contribution in [0.3, 0.4) is 0 Å². The van der Waals surface area contributed by atoms with E-state index in [4.69, 9.17) is 9.47 Å². The molecule has 0 aromatic heterocycles. The van der Waals surface area contributed by atoms with E-state index in [0.29, 0.717) is 4.90 Å².